The molecule has 0 unspecified atom stereocenters. The van der Waals surface area contributed by atoms with Crippen molar-refractivity contribution in [1.82, 2.24) is 5.32 Å². The minimum atomic E-state index is -0.218. The molecule has 0 saturated heterocycles. The molecule has 0 amide bonds. The van der Waals surface area contributed by atoms with Gasteiger partial charge in [0.05, 0.1) is 0 Å². The summed E-state index contributed by atoms with van der Waals surface area (Å²) in [6.45, 7) is 1.52. The predicted octanol–water partition coefficient (Wildman–Crippen LogP) is 3.30. The Morgan fingerprint density at radius 1 is 0.722 bits per heavy atom. The average molecular weight is 247 g/mol. The molecule has 1 nitrogen and oxygen atoms in total. The van der Waals surface area contributed by atoms with Crippen molar-refractivity contribution >= 4 is 0 Å². The SMILES string of the molecule is Fc1ccc(CCNCc2ccc(F)cc2)cc1. The van der Waals surface area contributed by atoms with E-state index in [1.807, 2.05) is 0 Å². The lowest BCUT2D eigenvalue weighted by molar-refractivity contribution is 0.623. The van der Waals surface area contributed by atoms with Gasteiger partial charge in [0.2, 0.25) is 0 Å². The van der Waals surface area contributed by atoms with E-state index >= 15 is 0 Å². The first kappa shape index (κ1) is 12.7. The van der Waals surface area contributed by atoms with Gasteiger partial charge in [-0.05, 0) is 48.4 Å². The van der Waals surface area contributed by atoms with Crippen molar-refractivity contribution in [3.05, 3.63) is 71.3 Å². The van der Waals surface area contributed by atoms with Gasteiger partial charge in [-0.2, -0.15) is 0 Å². The maximum absolute atomic E-state index is 12.7. The molecular weight excluding hydrogens is 232 g/mol. The van der Waals surface area contributed by atoms with Crippen molar-refractivity contribution in [2.45, 2.75) is 13.0 Å². The van der Waals surface area contributed by atoms with Gasteiger partial charge in [0.15, 0.2) is 0 Å². The summed E-state index contributed by atoms with van der Waals surface area (Å²) in [5.74, 6) is -0.428. The third kappa shape index (κ3) is 3.93. The molecule has 18 heavy (non-hydrogen) atoms. The number of hydrogen-bond donors (Lipinski definition) is 1. The van der Waals surface area contributed by atoms with Crippen LogP contribution in [0.2, 0.25) is 0 Å². The van der Waals surface area contributed by atoms with Crippen molar-refractivity contribution in [1.29, 1.82) is 0 Å². The van der Waals surface area contributed by atoms with Crippen molar-refractivity contribution in [3.8, 4) is 0 Å². The third-order valence-corrected chi connectivity index (χ3v) is 2.75. The summed E-state index contributed by atoms with van der Waals surface area (Å²) in [5.41, 5.74) is 2.15. The van der Waals surface area contributed by atoms with Crippen LogP contribution < -0.4 is 5.32 Å². The molecule has 0 aliphatic carbocycles. The zero-order chi connectivity index (χ0) is 12.8. The van der Waals surface area contributed by atoms with E-state index < -0.39 is 0 Å². The summed E-state index contributed by atoms with van der Waals surface area (Å²) < 4.78 is 25.4. The second-order valence-electron chi connectivity index (χ2n) is 4.18. The molecule has 1 N–H and O–H groups in total. The molecule has 0 spiro atoms. The van der Waals surface area contributed by atoms with E-state index in [2.05, 4.69) is 5.32 Å². The fourth-order valence-electron chi connectivity index (χ4n) is 1.72. The minimum Gasteiger partial charge on any atom is -0.312 e. The quantitative estimate of drug-likeness (QED) is 0.799. The van der Waals surface area contributed by atoms with Gasteiger partial charge in [0.1, 0.15) is 11.6 Å². The van der Waals surface area contributed by atoms with Crippen molar-refractivity contribution in [2.75, 3.05) is 6.54 Å². The molecule has 0 saturated carbocycles. The zero-order valence-electron chi connectivity index (χ0n) is 10.00. The summed E-state index contributed by atoms with van der Waals surface area (Å²) in [4.78, 5) is 0. The van der Waals surface area contributed by atoms with Gasteiger partial charge in [-0.25, -0.2) is 8.78 Å². The van der Waals surface area contributed by atoms with Crippen LogP contribution in [-0.4, -0.2) is 6.54 Å². The maximum Gasteiger partial charge on any atom is 0.123 e. The molecule has 0 bridgehead atoms. The molecule has 0 aliphatic rings. The fraction of sp³-hybridized carbons (Fsp3) is 0.200. The predicted molar refractivity (Wildman–Crippen MR) is 68.2 cm³/mol. The first-order valence-electron chi connectivity index (χ1n) is 5.93. The highest BCUT2D eigenvalue weighted by Gasteiger charge is 1.96. The molecule has 2 rings (SSSR count). The Balaban J connectivity index is 1.73. The topological polar surface area (TPSA) is 12.0 Å². The van der Waals surface area contributed by atoms with E-state index in [1.54, 1.807) is 24.3 Å². The highest BCUT2D eigenvalue weighted by atomic mass is 19.1. The highest BCUT2D eigenvalue weighted by Crippen LogP contribution is 2.04. The van der Waals surface area contributed by atoms with Gasteiger partial charge in [0.25, 0.3) is 0 Å². The lowest BCUT2D eigenvalue weighted by Gasteiger charge is -2.05. The van der Waals surface area contributed by atoms with Crippen LogP contribution >= 0.6 is 0 Å². The first-order valence-corrected chi connectivity index (χ1v) is 5.93. The number of benzene rings is 2. The molecule has 94 valence electrons. The van der Waals surface area contributed by atoms with Gasteiger partial charge in [-0.15, -0.1) is 0 Å². The van der Waals surface area contributed by atoms with E-state index in [0.717, 1.165) is 24.1 Å². The Morgan fingerprint density at radius 2 is 1.22 bits per heavy atom. The third-order valence-electron chi connectivity index (χ3n) is 2.75. The number of nitrogens with one attached hydrogen (secondary N) is 1. The summed E-state index contributed by atoms with van der Waals surface area (Å²) in [6.07, 6.45) is 0.849. The Morgan fingerprint density at radius 3 is 1.78 bits per heavy atom. The number of rotatable bonds is 5. The van der Waals surface area contributed by atoms with Gasteiger partial charge in [-0.3, -0.25) is 0 Å². The van der Waals surface area contributed by atoms with Crippen LogP contribution in [0.25, 0.3) is 0 Å². The van der Waals surface area contributed by atoms with Gasteiger partial charge >= 0.3 is 0 Å². The Bertz CT molecular complexity index is 429. The first-order chi connectivity index (χ1) is 8.74. The normalized spacial score (nSPS) is 10.6. The van der Waals surface area contributed by atoms with E-state index in [9.17, 15) is 8.78 Å². The second-order valence-corrected chi connectivity index (χ2v) is 4.18. The largest absolute Gasteiger partial charge is 0.312 e. The van der Waals surface area contributed by atoms with E-state index in [4.69, 9.17) is 0 Å². The molecule has 0 radical (unpaired) electrons. The molecular formula is C15H15F2N. The number of halogens is 2. The number of hydrogen-bond acceptors (Lipinski definition) is 1. The Labute approximate surface area is 105 Å². The average Bonchev–Trinajstić information content (AvgIpc) is 2.39. The molecule has 0 aromatic heterocycles. The van der Waals surface area contributed by atoms with E-state index in [-0.39, 0.29) is 11.6 Å². The van der Waals surface area contributed by atoms with Crippen molar-refractivity contribution < 1.29 is 8.78 Å². The van der Waals surface area contributed by atoms with Crippen molar-refractivity contribution in [3.63, 3.8) is 0 Å². The summed E-state index contributed by atoms with van der Waals surface area (Å²) >= 11 is 0. The Kier molecular flexibility index (Phi) is 4.42. The minimum absolute atomic E-state index is 0.210. The zero-order valence-corrected chi connectivity index (χ0v) is 10.00. The monoisotopic (exact) mass is 247 g/mol. The van der Waals surface area contributed by atoms with E-state index in [0.29, 0.717) is 6.54 Å². The Hall–Kier alpha value is -1.74. The molecule has 0 fully saturated rings. The molecule has 2 aromatic rings. The molecule has 2 aromatic carbocycles. The van der Waals surface area contributed by atoms with Crippen LogP contribution in [0.4, 0.5) is 8.78 Å². The molecule has 0 aliphatic heterocycles. The highest BCUT2D eigenvalue weighted by molar-refractivity contribution is 5.17. The summed E-state index contributed by atoms with van der Waals surface area (Å²) in [6, 6.07) is 12.9. The van der Waals surface area contributed by atoms with Crippen LogP contribution in [-0.2, 0) is 13.0 Å². The smallest absolute Gasteiger partial charge is 0.123 e. The standard InChI is InChI=1S/C15H15F2N/c16-14-5-1-12(2-6-14)9-10-18-11-13-3-7-15(17)8-4-13/h1-8,18H,9-11H2. The maximum atomic E-state index is 12.7. The van der Waals surface area contributed by atoms with Gasteiger partial charge in [0, 0.05) is 6.54 Å². The van der Waals surface area contributed by atoms with Crippen LogP contribution in [0.3, 0.4) is 0 Å². The van der Waals surface area contributed by atoms with Crippen LogP contribution in [0.15, 0.2) is 48.5 Å². The molecule has 0 atom stereocenters. The lowest BCUT2D eigenvalue weighted by Crippen LogP contribution is -2.16. The van der Waals surface area contributed by atoms with Gasteiger partial charge < -0.3 is 5.32 Å². The second kappa shape index (κ2) is 6.26. The van der Waals surface area contributed by atoms with Gasteiger partial charge in [-0.1, -0.05) is 24.3 Å². The van der Waals surface area contributed by atoms with Crippen LogP contribution in [0.1, 0.15) is 11.1 Å². The van der Waals surface area contributed by atoms with E-state index in [1.165, 1.54) is 24.3 Å². The fourth-order valence-corrected chi connectivity index (χ4v) is 1.72. The van der Waals surface area contributed by atoms with Crippen LogP contribution in [0.5, 0.6) is 0 Å². The lowest BCUT2D eigenvalue weighted by atomic mass is 10.1. The van der Waals surface area contributed by atoms with Crippen LogP contribution in [0, 0.1) is 11.6 Å². The molecule has 3 heteroatoms. The molecule has 0 heterocycles. The summed E-state index contributed by atoms with van der Waals surface area (Å²) in [5, 5.41) is 3.27. The van der Waals surface area contributed by atoms with Crippen molar-refractivity contribution in [2.24, 2.45) is 0 Å². The summed E-state index contributed by atoms with van der Waals surface area (Å²) in [7, 11) is 0.